The van der Waals surface area contributed by atoms with E-state index >= 15 is 0 Å². The number of fused-ring (bicyclic) bond motifs is 1. The van der Waals surface area contributed by atoms with Crippen molar-refractivity contribution >= 4 is 21.7 Å². The van der Waals surface area contributed by atoms with Crippen molar-refractivity contribution in [3.8, 4) is 11.5 Å². The fourth-order valence-electron chi connectivity index (χ4n) is 1.83. The summed E-state index contributed by atoms with van der Waals surface area (Å²) < 4.78 is 12.2. The van der Waals surface area contributed by atoms with Crippen molar-refractivity contribution in [2.45, 2.75) is 20.3 Å². The van der Waals surface area contributed by atoms with Gasteiger partial charge in [-0.3, -0.25) is 4.79 Å². The number of carbonyl (C=O) groups excluding carboxylic acids is 1. The van der Waals surface area contributed by atoms with Crippen molar-refractivity contribution in [1.82, 2.24) is 0 Å². The molecule has 1 aromatic rings. The smallest absolute Gasteiger partial charge is 0.165 e. The minimum absolute atomic E-state index is 0.00396. The van der Waals surface area contributed by atoms with Crippen LogP contribution >= 0.6 is 15.9 Å². The van der Waals surface area contributed by atoms with Crippen LogP contribution in [0.1, 0.15) is 30.6 Å². The van der Waals surface area contributed by atoms with Gasteiger partial charge in [0.1, 0.15) is 0 Å². The quantitative estimate of drug-likeness (QED) is 0.867. The molecule has 1 aliphatic rings. The topological polar surface area (TPSA) is 61.5 Å². The number of ketones is 1. The Labute approximate surface area is 121 Å². The van der Waals surface area contributed by atoms with Crippen LogP contribution in [0.4, 0.5) is 0 Å². The first-order valence-electron chi connectivity index (χ1n) is 6.25. The zero-order valence-electron chi connectivity index (χ0n) is 11.2. The molecule has 0 saturated carbocycles. The molecule has 1 aliphatic heterocycles. The number of Topliss-reactive ketones (excluding diaryl/α,β-unsaturated/α-hetero) is 1. The Bertz CT molecular complexity index is 500. The van der Waals surface area contributed by atoms with E-state index in [1.165, 1.54) is 0 Å². The molecule has 0 spiro atoms. The number of hydrogen-bond donors (Lipinski definition) is 1. The van der Waals surface area contributed by atoms with E-state index in [-0.39, 0.29) is 11.2 Å². The number of halogens is 1. The summed E-state index contributed by atoms with van der Waals surface area (Å²) >= 11 is 3.40. The molecule has 19 heavy (non-hydrogen) atoms. The second kappa shape index (κ2) is 5.51. The Hall–Kier alpha value is -1.07. The van der Waals surface area contributed by atoms with Gasteiger partial charge in [-0.2, -0.15) is 0 Å². The Kier molecular flexibility index (Phi) is 4.16. The molecule has 4 nitrogen and oxygen atoms in total. The molecule has 0 aliphatic carbocycles. The van der Waals surface area contributed by atoms with Crippen molar-refractivity contribution in [2.75, 3.05) is 19.8 Å². The zero-order chi connectivity index (χ0) is 14.0. The maximum absolute atomic E-state index is 12.0. The van der Waals surface area contributed by atoms with Gasteiger partial charge in [0.15, 0.2) is 17.3 Å². The molecular formula is C14H18BrNO3. The predicted molar refractivity (Wildman–Crippen MR) is 76.9 cm³/mol. The molecule has 5 heteroatoms. The standard InChI is InChI=1S/C14H18BrNO3/c1-14(2)7-18-12-5-9(11(17)3-4-16)10(15)6-13(12)19-8-14/h5-6H,3-4,7-8,16H2,1-2H3. The van der Waals surface area contributed by atoms with Gasteiger partial charge in [0.2, 0.25) is 0 Å². The number of carbonyl (C=O) groups is 1. The minimum atomic E-state index is -0.0487. The molecule has 0 aromatic heterocycles. The lowest BCUT2D eigenvalue weighted by Gasteiger charge is -2.19. The molecule has 1 heterocycles. The van der Waals surface area contributed by atoms with Crippen molar-refractivity contribution in [3.05, 3.63) is 22.2 Å². The molecular weight excluding hydrogens is 310 g/mol. The molecule has 1 aromatic carbocycles. The number of hydrogen-bond acceptors (Lipinski definition) is 4. The molecule has 0 radical (unpaired) electrons. The fourth-order valence-corrected chi connectivity index (χ4v) is 2.37. The van der Waals surface area contributed by atoms with Gasteiger partial charge in [0.05, 0.1) is 13.2 Å². The average molecular weight is 328 g/mol. The van der Waals surface area contributed by atoms with E-state index in [2.05, 4.69) is 29.8 Å². The highest BCUT2D eigenvalue weighted by Gasteiger charge is 2.26. The van der Waals surface area contributed by atoms with Gasteiger partial charge < -0.3 is 15.2 Å². The van der Waals surface area contributed by atoms with Crippen molar-refractivity contribution < 1.29 is 14.3 Å². The van der Waals surface area contributed by atoms with Crippen LogP contribution in [0.15, 0.2) is 16.6 Å². The average Bonchev–Trinajstić information content (AvgIpc) is 2.48. The van der Waals surface area contributed by atoms with Gasteiger partial charge in [-0.05, 0) is 34.6 Å². The molecule has 0 bridgehead atoms. The lowest BCUT2D eigenvalue weighted by atomic mass is 9.97. The van der Waals surface area contributed by atoms with E-state index in [0.29, 0.717) is 47.7 Å². The highest BCUT2D eigenvalue weighted by Crippen LogP contribution is 2.38. The Morgan fingerprint density at radius 2 is 1.89 bits per heavy atom. The third kappa shape index (κ3) is 3.28. The lowest BCUT2D eigenvalue weighted by molar-refractivity contribution is 0.0984. The first-order chi connectivity index (χ1) is 8.93. The third-order valence-corrected chi connectivity index (χ3v) is 3.60. The number of benzene rings is 1. The predicted octanol–water partition coefficient (Wildman–Crippen LogP) is 2.78. The van der Waals surface area contributed by atoms with Crippen LogP contribution in [0.3, 0.4) is 0 Å². The normalized spacial score (nSPS) is 16.8. The van der Waals surface area contributed by atoms with Gasteiger partial charge >= 0.3 is 0 Å². The first-order valence-corrected chi connectivity index (χ1v) is 7.05. The van der Waals surface area contributed by atoms with Gasteiger partial charge in [-0.25, -0.2) is 0 Å². The number of nitrogens with two attached hydrogens (primary N) is 1. The van der Waals surface area contributed by atoms with Crippen LogP contribution in [0.5, 0.6) is 11.5 Å². The van der Waals surface area contributed by atoms with E-state index in [1.54, 1.807) is 12.1 Å². The number of ether oxygens (including phenoxy) is 2. The maximum atomic E-state index is 12.0. The fraction of sp³-hybridized carbons (Fsp3) is 0.500. The maximum Gasteiger partial charge on any atom is 0.165 e. The van der Waals surface area contributed by atoms with Crippen LogP contribution in [0, 0.1) is 5.41 Å². The summed E-state index contributed by atoms with van der Waals surface area (Å²) in [6, 6.07) is 3.53. The van der Waals surface area contributed by atoms with Crippen LogP contribution in [-0.2, 0) is 0 Å². The Morgan fingerprint density at radius 1 is 1.32 bits per heavy atom. The SMILES string of the molecule is CC1(C)COc2cc(Br)c(C(=O)CCN)cc2OC1. The molecule has 0 fully saturated rings. The van der Waals surface area contributed by atoms with Gasteiger partial charge in [0.25, 0.3) is 0 Å². The largest absolute Gasteiger partial charge is 0.489 e. The minimum Gasteiger partial charge on any atom is -0.489 e. The Morgan fingerprint density at radius 3 is 2.47 bits per heavy atom. The molecule has 0 saturated heterocycles. The second-order valence-electron chi connectivity index (χ2n) is 5.48. The molecule has 0 unspecified atom stereocenters. The van der Waals surface area contributed by atoms with Crippen molar-refractivity contribution in [3.63, 3.8) is 0 Å². The Balaban J connectivity index is 2.33. The van der Waals surface area contributed by atoms with Gasteiger partial charge in [0, 0.05) is 21.9 Å². The van der Waals surface area contributed by atoms with Crippen LogP contribution in [0.2, 0.25) is 0 Å². The molecule has 2 rings (SSSR count). The van der Waals surface area contributed by atoms with E-state index in [1.807, 2.05) is 0 Å². The number of rotatable bonds is 3. The summed E-state index contributed by atoms with van der Waals surface area (Å²) in [6.07, 6.45) is 0.323. The van der Waals surface area contributed by atoms with E-state index in [4.69, 9.17) is 15.2 Å². The van der Waals surface area contributed by atoms with Crippen LogP contribution in [-0.4, -0.2) is 25.5 Å². The van der Waals surface area contributed by atoms with Crippen molar-refractivity contribution in [2.24, 2.45) is 11.1 Å². The molecule has 104 valence electrons. The summed E-state index contributed by atoms with van der Waals surface area (Å²) in [6.45, 7) is 5.64. The van der Waals surface area contributed by atoms with E-state index < -0.39 is 0 Å². The van der Waals surface area contributed by atoms with E-state index in [0.717, 1.165) is 0 Å². The summed E-state index contributed by atoms with van der Waals surface area (Å²) in [5.41, 5.74) is 5.96. The first kappa shape index (κ1) is 14.3. The molecule has 0 amide bonds. The lowest BCUT2D eigenvalue weighted by Crippen LogP contribution is -2.26. The van der Waals surface area contributed by atoms with E-state index in [9.17, 15) is 4.79 Å². The highest BCUT2D eigenvalue weighted by atomic mass is 79.9. The summed E-state index contributed by atoms with van der Waals surface area (Å²) in [7, 11) is 0. The highest BCUT2D eigenvalue weighted by molar-refractivity contribution is 9.10. The second-order valence-corrected chi connectivity index (χ2v) is 6.34. The van der Waals surface area contributed by atoms with Crippen molar-refractivity contribution in [1.29, 1.82) is 0 Å². The van der Waals surface area contributed by atoms with Crippen LogP contribution in [0.25, 0.3) is 0 Å². The van der Waals surface area contributed by atoms with Crippen LogP contribution < -0.4 is 15.2 Å². The van der Waals surface area contributed by atoms with Gasteiger partial charge in [-0.1, -0.05) is 13.8 Å². The van der Waals surface area contributed by atoms with Gasteiger partial charge in [-0.15, -0.1) is 0 Å². The third-order valence-electron chi connectivity index (χ3n) is 2.94. The zero-order valence-corrected chi connectivity index (χ0v) is 12.7. The monoisotopic (exact) mass is 327 g/mol. The summed E-state index contributed by atoms with van der Waals surface area (Å²) in [5, 5.41) is 0. The molecule has 2 N–H and O–H groups in total. The summed E-state index contributed by atoms with van der Waals surface area (Å²) in [5.74, 6) is 1.29. The molecule has 0 atom stereocenters. The summed E-state index contributed by atoms with van der Waals surface area (Å²) in [4.78, 5) is 12.0.